The average Bonchev–Trinajstić information content (AvgIpc) is 2.43. The molecule has 21 heavy (non-hydrogen) atoms. The van der Waals surface area contributed by atoms with Gasteiger partial charge >= 0.3 is 0 Å². The Balaban J connectivity index is 1.87. The van der Waals surface area contributed by atoms with Gasteiger partial charge in [-0.3, -0.25) is 0 Å². The summed E-state index contributed by atoms with van der Waals surface area (Å²) in [5.74, 6) is 0. The fraction of sp³-hybridized carbons (Fsp3) is 0.400. The minimum absolute atomic E-state index is 0.0303. The maximum absolute atomic E-state index is 10.9. The molecular formula is C20H24O. The van der Waals surface area contributed by atoms with E-state index < -0.39 is 0 Å². The van der Waals surface area contributed by atoms with Gasteiger partial charge in [-0.05, 0) is 49.8 Å². The van der Waals surface area contributed by atoms with Gasteiger partial charge in [-0.2, -0.15) is 0 Å². The summed E-state index contributed by atoms with van der Waals surface area (Å²) in [6.45, 7) is 4.25. The fourth-order valence-corrected chi connectivity index (χ4v) is 3.57. The summed E-state index contributed by atoms with van der Waals surface area (Å²) in [5.41, 5.74) is 5.10. The van der Waals surface area contributed by atoms with E-state index in [0.717, 1.165) is 19.3 Å². The van der Waals surface area contributed by atoms with Gasteiger partial charge in [-0.15, -0.1) is 0 Å². The number of rotatable bonds is 4. The molecule has 0 bridgehead atoms. The van der Waals surface area contributed by atoms with Crippen molar-refractivity contribution in [1.29, 1.82) is 0 Å². The number of benzene rings is 2. The van der Waals surface area contributed by atoms with Crippen LogP contribution in [0.15, 0.2) is 48.5 Å². The highest BCUT2D eigenvalue weighted by Crippen LogP contribution is 2.47. The van der Waals surface area contributed by atoms with Crippen molar-refractivity contribution in [2.75, 3.05) is 0 Å². The van der Waals surface area contributed by atoms with Crippen LogP contribution in [0.2, 0.25) is 0 Å². The molecule has 0 saturated heterocycles. The molecule has 0 radical (unpaired) electrons. The Morgan fingerprint density at radius 3 is 2.38 bits per heavy atom. The molecule has 3 rings (SSSR count). The van der Waals surface area contributed by atoms with Crippen LogP contribution < -0.4 is 0 Å². The van der Waals surface area contributed by atoms with Crippen molar-refractivity contribution in [1.82, 2.24) is 0 Å². The minimum Gasteiger partial charge on any atom is -0.392 e. The summed E-state index contributed by atoms with van der Waals surface area (Å²) in [5, 5.41) is 10.9. The van der Waals surface area contributed by atoms with Crippen LogP contribution in [0.3, 0.4) is 0 Å². The standard InChI is InChI=1S/C20H24O/c1-15-9-10-16(2)17(13-15)14-19(21)20(11-6-12-20)18-7-4-3-5-8-18/h3-5,7-10,13,19,21H,6,11-12,14H2,1-2H3. The third kappa shape index (κ3) is 2.63. The molecule has 110 valence electrons. The second-order valence-corrected chi connectivity index (χ2v) is 6.53. The quantitative estimate of drug-likeness (QED) is 0.884. The van der Waals surface area contributed by atoms with Gasteiger partial charge in [0.1, 0.15) is 0 Å². The zero-order chi connectivity index (χ0) is 14.9. The third-order valence-electron chi connectivity index (χ3n) is 5.15. The lowest BCUT2D eigenvalue weighted by molar-refractivity contribution is 0.0285. The first-order chi connectivity index (χ1) is 10.1. The Morgan fingerprint density at radius 2 is 1.76 bits per heavy atom. The maximum atomic E-state index is 10.9. The van der Waals surface area contributed by atoms with E-state index in [1.807, 2.05) is 6.07 Å². The number of hydrogen-bond donors (Lipinski definition) is 1. The Kier molecular flexibility index (Phi) is 3.86. The lowest BCUT2D eigenvalue weighted by Gasteiger charge is -2.46. The molecule has 1 aliphatic carbocycles. The molecule has 0 aromatic heterocycles. The van der Waals surface area contributed by atoms with Crippen LogP contribution in [0.4, 0.5) is 0 Å². The van der Waals surface area contributed by atoms with E-state index in [0.29, 0.717) is 0 Å². The molecule has 1 N–H and O–H groups in total. The maximum Gasteiger partial charge on any atom is 0.0677 e. The molecule has 2 aromatic carbocycles. The van der Waals surface area contributed by atoms with Crippen LogP contribution in [0.5, 0.6) is 0 Å². The first kappa shape index (κ1) is 14.3. The Hall–Kier alpha value is -1.60. The van der Waals surface area contributed by atoms with Gasteiger partial charge < -0.3 is 5.11 Å². The van der Waals surface area contributed by atoms with Gasteiger partial charge in [-0.1, -0.05) is 60.5 Å². The van der Waals surface area contributed by atoms with Crippen LogP contribution >= 0.6 is 0 Å². The number of aryl methyl sites for hydroxylation is 2. The zero-order valence-electron chi connectivity index (χ0n) is 13.0. The van der Waals surface area contributed by atoms with Crippen LogP contribution in [-0.2, 0) is 11.8 Å². The van der Waals surface area contributed by atoms with Crippen molar-refractivity contribution in [2.45, 2.75) is 51.0 Å². The molecule has 2 aromatic rings. The van der Waals surface area contributed by atoms with E-state index >= 15 is 0 Å². The molecule has 1 heteroatoms. The molecule has 0 aliphatic heterocycles. The number of aliphatic hydroxyl groups is 1. The van der Waals surface area contributed by atoms with E-state index in [-0.39, 0.29) is 11.5 Å². The normalized spacial score (nSPS) is 18.0. The highest BCUT2D eigenvalue weighted by Gasteiger charge is 2.44. The van der Waals surface area contributed by atoms with Crippen molar-refractivity contribution in [2.24, 2.45) is 0 Å². The van der Waals surface area contributed by atoms with Crippen LogP contribution in [-0.4, -0.2) is 11.2 Å². The second kappa shape index (κ2) is 5.65. The van der Waals surface area contributed by atoms with Gasteiger partial charge in [0.2, 0.25) is 0 Å². The largest absolute Gasteiger partial charge is 0.392 e. The SMILES string of the molecule is Cc1ccc(C)c(CC(O)C2(c3ccccc3)CCC2)c1. The molecular weight excluding hydrogens is 256 g/mol. The molecule has 1 saturated carbocycles. The number of hydrogen-bond acceptors (Lipinski definition) is 1. The Labute approximate surface area is 127 Å². The van der Waals surface area contributed by atoms with E-state index in [1.54, 1.807) is 0 Å². The summed E-state index contributed by atoms with van der Waals surface area (Å²) in [4.78, 5) is 0. The molecule has 1 fully saturated rings. The summed E-state index contributed by atoms with van der Waals surface area (Å²) < 4.78 is 0. The molecule has 1 aliphatic rings. The molecule has 1 nitrogen and oxygen atoms in total. The van der Waals surface area contributed by atoms with Crippen LogP contribution in [0.25, 0.3) is 0 Å². The monoisotopic (exact) mass is 280 g/mol. The summed E-state index contributed by atoms with van der Waals surface area (Å²) in [6.07, 6.45) is 3.88. The van der Waals surface area contributed by atoms with Crippen molar-refractivity contribution in [3.8, 4) is 0 Å². The molecule has 0 heterocycles. The highest BCUT2D eigenvalue weighted by atomic mass is 16.3. The number of aliphatic hydroxyl groups excluding tert-OH is 1. The first-order valence-electron chi connectivity index (χ1n) is 7.91. The second-order valence-electron chi connectivity index (χ2n) is 6.53. The highest BCUT2D eigenvalue weighted by molar-refractivity contribution is 5.34. The Morgan fingerprint density at radius 1 is 1.05 bits per heavy atom. The van der Waals surface area contributed by atoms with Crippen molar-refractivity contribution < 1.29 is 5.11 Å². The summed E-state index contributed by atoms with van der Waals surface area (Å²) >= 11 is 0. The van der Waals surface area contributed by atoms with Crippen molar-refractivity contribution in [3.05, 3.63) is 70.8 Å². The summed E-state index contributed by atoms with van der Waals surface area (Å²) in [6, 6.07) is 17.1. The predicted octanol–water partition coefficient (Wildman–Crippen LogP) is 4.33. The zero-order valence-corrected chi connectivity index (χ0v) is 13.0. The van der Waals surface area contributed by atoms with E-state index in [2.05, 4.69) is 56.3 Å². The van der Waals surface area contributed by atoms with Crippen molar-refractivity contribution >= 4 is 0 Å². The van der Waals surface area contributed by atoms with Crippen LogP contribution in [0, 0.1) is 13.8 Å². The third-order valence-corrected chi connectivity index (χ3v) is 5.15. The molecule has 0 amide bonds. The van der Waals surface area contributed by atoms with E-state index in [9.17, 15) is 5.11 Å². The molecule has 0 spiro atoms. The minimum atomic E-state index is -0.297. The fourth-order valence-electron chi connectivity index (χ4n) is 3.57. The van der Waals surface area contributed by atoms with Gasteiger partial charge in [0, 0.05) is 5.41 Å². The van der Waals surface area contributed by atoms with E-state index in [1.165, 1.54) is 28.7 Å². The first-order valence-corrected chi connectivity index (χ1v) is 7.91. The summed E-state index contributed by atoms with van der Waals surface area (Å²) in [7, 11) is 0. The predicted molar refractivity (Wildman–Crippen MR) is 87.6 cm³/mol. The van der Waals surface area contributed by atoms with Gasteiger partial charge in [0.25, 0.3) is 0 Å². The van der Waals surface area contributed by atoms with Gasteiger partial charge in [0.05, 0.1) is 6.10 Å². The van der Waals surface area contributed by atoms with Gasteiger partial charge in [-0.25, -0.2) is 0 Å². The molecule has 1 unspecified atom stereocenters. The lowest BCUT2D eigenvalue weighted by Crippen LogP contribution is -2.46. The average molecular weight is 280 g/mol. The smallest absolute Gasteiger partial charge is 0.0677 e. The Bertz CT molecular complexity index is 611. The van der Waals surface area contributed by atoms with Crippen molar-refractivity contribution in [3.63, 3.8) is 0 Å². The topological polar surface area (TPSA) is 20.2 Å². The van der Waals surface area contributed by atoms with Gasteiger partial charge in [0.15, 0.2) is 0 Å². The van der Waals surface area contributed by atoms with E-state index in [4.69, 9.17) is 0 Å². The van der Waals surface area contributed by atoms with Crippen LogP contribution in [0.1, 0.15) is 41.5 Å². The molecule has 1 atom stereocenters. The lowest BCUT2D eigenvalue weighted by atomic mass is 9.60.